The molecule has 1 aromatic heterocycles. The lowest BCUT2D eigenvalue weighted by Crippen LogP contribution is -2.49. The average Bonchev–Trinajstić information content (AvgIpc) is 3.25. The zero-order valence-electron chi connectivity index (χ0n) is 21.6. The summed E-state index contributed by atoms with van der Waals surface area (Å²) >= 11 is 0. The number of aromatic nitrogens is 1. The van der Waals surface area contributed by atoms with E-state index in [0.29, 0.717) is 43.1 Å². The first kappa shape index (κ1) is 27.3. The molecule has 0 bridgehead atoms. The van der Waals surface area contributed by atoms with E-state index < -0.39 is 25.1 Å². The van der Waals surface area contributed by atoms with Crippen molar-refractivity contribution in [2.75, 3.05) is 40.1 Å². The number of ether oxygens (including phenoxy) is 2. The van der Waals surface area contributed by atoms with Crippen molar-refractivity contribution in [2.45, 2.75) is 50.7 Å². The highest BCUT2D eigenvalue weighted by molar-refractivity contribution is 5.85. The van der Waals surface area contributed by atoms with Crippen LogP contribution >= 0.6 is 0 Å². The molecule has 0 radical (unpaired) electrons. The third-order valence-electron chi connectivity index (χ3n) is 6.96. The van der Waals surface area contributed by atoms with E-state index in [1.54, 1.807) is 24.1 Å². The highest BCUT2D eigenvalue weighted by atomic mass is 19.3. The summed E-state index contributed by atoms with van der Waals surface area (Å²) in [4.78, 5) is 5.22. The van der Waals surface area contributed by atoms with E-state index in [0.717, 1.165) is 22.2 Å². The number of nitrogens with one attached hydrogen (secondary N) is 2. The second-order valence-electron chi connectivity index (χ2n) is 9.82. The van der Waals surface area contributed by atoms with Gasteiger partial charge in [-0.2, -0.15) is 0 Å². The molecule has 2 aromatic carbocycles. The Morgan fingerprint density at radius 2 is 2.03 bits per heavy atom. The van der Waals surface area contributed by atoms with Gasteiger partial charge in [-0.1, -0.05) is 18.2 Å². The van der Waals surface area contributed by atoms with E-state index in [2.05, 4.69) is 10.3 Å². The van der Waals surface area contributed by atoms with Crippen molar-refractivity contribution in [3.63, 3.8) is 0 Å². The summed E-state index contributed by atoms with van der Waals surface area (Å²) in [5.41, 5.74) is 3.58. The summed E-state index contributed by atoms with van der Waals surface area (Å²) in [6, 6.07) is 12.6. The number of hydrogen-bond donors (Lipinski definition) is 3. The second-order valence-corrected chi connectivity index (χ2v) is 9.82. The van der Waals surface area contributed by atoms with Gasteiger partial charge in [0.15, 0.2) is 0 Å². The zero-order chi connectivity index (χ0) is 26.6. The molecule has 4 rings (SSSR count). The summed E-state index contributed by atoms with van der Waals surface area (Å²) in [5, 5.41) is 13.7. The van der Waals surface area contributed by atoms with E-state index in [-0.39, 0.29) is 18.8 Å². The molecule has 9 heteroatoms. The Bertz CT molecular complexity index is 1190. The normalized spacial score (nSPS) is 19.1. The molecule has 6 nitrogen and oxygen atoms in total. The van der Waals surface area contributed by atoms with Crippen molar-refractivity contribution in [3.05, 3.63) is 59.3 Å². The maximum Gasteiger partial charge on any atom is 0.283 e. The summed E-state index contributed by atoms with van der Waals surface area (Å²) < 4.78 is 53.3. The standard InChI is InChI=1S/C28H36F3N3O3/c1-18(32-12-6-11-29)15-37-20-9-10-25(36-3)23(14-20)27-26-22(21-7-4-5-8-24(21)33-26)13-19(2)34(27)16-28(30,31)17-35/h4-5,7-10,14,18-19,27,32-33,35H,6,11-13,15-17H2,1-3H3/t18-,19-,27-/m1/s1. The summed E-state index contributed by atoms with van der Waals surface area (Å²) in [6.07, 6.45) is 1.04. The quantitative estimate of drug-likeness (QED) is 0.298. The van der Waals surface area contributed by atoms with Gasteiger partial charge in [0.05, 0.1) is 26.4 Å². The molecule has 1 aliphatic rings. The number of halogens is 3. The topological polar surface area (TPSA) is 69.8 Å². The van der Waals surface area contributed by atoms with Crippen LogP contribution in [0.3, 0.4) is 0 Å². The van der Waals surface area contributed by atoms with Crippen LogP contribution in [0, 0.1) is 0 Å². The number of alkyl halides is 3. The molecule has 1 aliphatic heterocycles. The number of rotatable bonds is 12. The predicted octanol–water partition coefficient (Wildman–Crippen LogP) is 4.86. The van der Waals surface area contributed by atoms with Gasteiger partial charge >= 0.3 is 0 Å². The van der Waals surface area contributed by atoms with Gasteiger partial charge < -0.3 is 24.9 Å². The van der Waals surface area contributed by atoms with Gasteiger partial charge in [0.1, 0.15) is 24.7 Å². The summed E-state index contributed by atoms with van der Waals surface area (Å²) in [6.45, 7) is 2.62. The molecule has 0 spiro atoms. The first-order valence-corrected chi connectivity index (χ1v) is 12.7. The maximum absolute atomic E-state index is 14.6. The van der Waals surface area contributed by atoms with Crippen LogP contribution in [0.1, 0.15) is 43.1 Å². The smallest absolute Gasteiger partial charge is 0.283 e. The molecule has 0 saturated carbocycles. The fourth-order valence-corrected chi connectivity index (χ4v) is 5.12. The lowest BCUT2D eigenvalue weighted by Gasteiger charge is -2.42. The number of fused-ring (bicyclic) bond motifs is 3. The lowest BCUT2D eigenvalue weighted by atomic mass is 9.87. The van der Waals surface area contributed by atoms with Crippen LogP contribution in [0.4, 0.5) is 13.2 Å². The van der Waals surface area contributed by atoms with Gasteiger partial charge in [-0.3, -0.25) is 9.29 Å². The monoisotopic (exact) mass is 519 g/mol. The van der Waals surface area contributed by atoms with Crippen LogP contribution < -0.4 is 14.8 Å². The minimum atomic E-state index is -3.27. The van der Waals surface area contributed by atoms with Gasteiger partial charge in [0.25, 0.3) is 5.92 Å². The molecular formula is C28H36F3N3O3. The van der Waals surface area contributed by atoms with E-state index in [9.17, 15) is 18.3 Å². The van der Waals surface area contributed by atoms with E-state index in [1.165, 1.54) is 0 Å². The van der Waals surface area contributed by atoms with Crippen molar-refractivity contribution in [3.8, 4) is 11.5 Å². The summed E-state index contributed by atoms with van der Waals surface area (Å²) in [5.74, 6) is -2.12. The van der Waals surface area contributed by atoms with Gasteiger partial charge in [0, 0.05) is 34.2 Å². The molecule has 37 heavy (non-hydrogen) atoms. The summed E-state index contributed by atoms with van der Waals surface area (Å²) in [7, 11) is 1.56. The molecule has 3 atom stereocenters. The average molecular weight is 520 g/mol. The fourth-order valence-electron chi connectivity index (χ4n) is 5.12. The van der Waals surface area contributed by atoms with Gasteiger partial charge in [-0.25, -0.2) is 8.78 Å². The first-order chi connectivity index (χ1) is 17.8. The molecule has 0 unspecified atom stereocenters. The molecular weight excluding hydrogens is 483 g/mol. The van der Waals surface area contributed by atoms with Crippen molar-refractivity contribution in [1.29, 1.82) is 0 Å². The van der Waals surface area contributed by atoms with Crippen LogP contribution in [-0.4, -0.2) is 73.1 Å². The SMILES string of the molecule is COc1ccc(OC[C@@H](C)NCCCF)cc1[C@@H]1c2[nH]c3ccccc3c2C[C@@H](C)N1CC(F)(F)CO. The maximum atomic E-state index is 14.6. The lowest BCUT2D eigenvalue weighted by molar-refractivity contribution is -0.0866. The Morgan fingerprint density at radius 1 is 1.24 bits per heavy atom. The number of methoxy groups -OCH3 is 1. The first-order valence-electron chi connectivity index (χ1n) is 12.7. The van der Waals surface area contributed by atoms with Crippen molar-refractivity contribution in [2.24, 2.45) is 0 Å². The molecule has 3 N–H and O–H groups in total. The Hall–Kier alpha value is -2.75. The molecule has 0 fully saturated rings. The van der Waals surface area contributed by atoms with E-state index >= 15 is 0 Å². The third-order valence-corrected chi connectivity index (χ3v) is 6.96. The van der Waals surface area contributed by atoms with Gasteiger partial charge in [-0.05, 0) is 63.1 Å². The Labute approximate surface area is 215 Å². The fraction of sp³-hybridized carbons (Fsp3) is 0.500. The van der Waals surface area contributed by atoms with E-state index in [4.69, 9.17) is 9.47 Å². The Kier molecular flexibility index (Phi) is 8.67. The number of aliphatic hydroxyl groups excluding tert-OH is 1. The van der Waals surface area contributed by atoms with Crippen LogP contribution in [0.15, 0.2) is 42.5 Å². The van der Waals surface area contributed by atoms with Crippen LogP contribution in [0.25, 0.3) is 10.9 Å². The van der Waals surface area contributed by atoms with Crippen LogP contribution in [0.2, 0.25) is 0 Å². The van der Waals surface area contributed by atoms with Crippen molar-refractivity contribution < 1.29 is 27.8 Å². The minimum absolute atomic E-state index is 0.00635. The van der Waals surface area contributed by atoms with Gasteiger partial charge in [0.2, 0.25) is 0 Å². The number of nitrogens with zero attached hydrogens (tertiary/aromatic N) is 1. The Morgan fingerprint density at radius 3 is 2.76 bits per heavy atom. The number of aromatic amines is 1. The van der Waals surface area contributed by atoms with Crippen LogP contribution in [0.5, 0.6) is 11.5 Å². The highest BCUT2D eigenvalue weighted by Gasteiger charge is 2.42. The van der Waals surface area contributed by atoms with Crippen LogP contribution in [-0.2, 0) is 6.42 Å². The largest absolute Gasteiger partial charge is 0.496 e. The molecule has 0 amide bonds. The number of hydrogen-bond acceptors (Lipinski definition) is 5. The number of aliphatic hydroxyl groups is 1. The number of benzene rings is 2. The molecule has 0 saturated heterocycles. The second kappa shape index (κ2) is 11.8. The minimum Gasteiger partial charge on any atom is -0.496 e. The van der Waals surface area contributed by atoms with Crippen molar-refractivity contribution in [1.82, 2.24) is 15.2 Å². The Balaban J connectivity index is 1.74. The third kappa shape index (κ3) is 6.05. The van der Waals surface area contributed by atoms with Crippen molar-refractivity contribution >= 4 is 10.9 Å². The predicted molar refractivity (Wildman–Crippen MR) is 139 cm³/mol. The van der Waals surface area contributed by atoms with Gasteiger partial charge in [-0.15, -0.1) is 0 Å². The highest BCUT2D eigenvalue weighted by Crippen LogP contribution is 2.45. The molecule has 202 valence electrons. The molecule has 3 aromatic rings. The molecule has 2 heterocycles. The molecule has 0 aliphatic carbocycles. The number of H-pyrrole nitrogens is 1. The number of para-hydroxylation sites is 1. The zero-order valence-corrected chi connectivity index (χ0v) is 21.6. The van der Waals surface area contributed by atoms with E-state index in [1.807, 2.05) is 44.2 Å².